The van der Waals surface area contributed by atoms with Gasteiger partial charge in [-0.3, -0.25) is 0 Å². The maximum atomic E-state index is 13.9. The van der Waals surface area contributed by atoms with Crippen molar-refractivity contribution in [3.8, 4) is 11.4 Å². The summed E-state index contributed by atoms with van der Waals surface area (Å²) in [6.45, 7) is 1.59. The van der Waals surface area contributed by atoms with Crippen LogP contribution in [-0.2, 0) is 13.1 Å². The van der Waals surface area contributed by atoms with Crippen LogP contribution in [0.5, 0.6) is 0 Å². The molecule has 1 aromatic heterocycles. The van der Waals surface area contributed by atoms with Crippen molar-refractivity contribution in [1.29, 1.82) is 0 Å². The van der Waals surface area contributed by atoms with Gasteiger partial charge in [0.25, 0.3) is 0 Å². The van der Waals surface area contributed by atoms with Crippen molar-refractivity contribution in [2.45, 2.75) is 13.1 Å². The second-order valence-corrected chi connectivity index (χ2v) is 4.91. The van der Waals surface area contributed by atoms with Crippen molar-refractivity contribution in [3.05, 3.63) is 59.7 Å². The highest BCUT2D eigenvalue weighted by atomic mass is 19.1. The normalized spacial score (nSPS) is 13.7. The molecule has 0 saturated heterocycles. The largest absolute Gasteiger partial charge is 0.307 e. The first-order valence-electron chi connectivity index (χ1n) is 6.56. The molecule has 1 aliphatic rings. The van der Waals surface area contributed by atoms with Crippen LogP contribution < -0.4 is 5.32 Å². The topological polar surface area (TPSA) is 37.8 Å². The molecule has 2 aromatic carbocycles. The Kier molecular flexibility index (Phi) is 2.50. The fourth-order valence-corrected chi connectivity index (χ4v) is 2.65. The van der Waals surface area contributed by atoms with E-state index in [9.17, 15) is 4.39 Å². The van der Waals surface area contributed by atoms with Crippen LogP contribution in [0, 0.1) is 5.82 Å². The van der Waals surface area contributed by atoms with Gasteiger partial charge < -0.3 is 5.32 Å². The predicted octanol–water partition coefficient (Wildman–Crippen LogP) is 3.04. The summed E-state index contributed by atoms with van der Waals surface area (Å²) in [4.78, 5) is 9.03. The summed E-state index contributed by atoms with van der Waals surface area (Å²) < 4.78 is 13.9. The first-order valence-corrected chi connectivity index (χ1v) is 6.56. The molecule has 4 rings (SSSR count). The lowest BCUT2D eigenvalue weighted by Gasteiger charge is -2.07. The quantitative estimate of drug-likeness (QED) is 0.735. The molecule has 0 saturated carbocycles. The molecule has 0 bridgehead atoms. The summed E-state index contributed by atoms with van der Waals surface area (Å²) in [5, 5.41) is 4.70. The molecular formula is C16H12FN3. The fraction of sp³-hybridized carbons (Fsp3) is 0.125. The highest BCUT2D eigenvalue weighted by Gasteiger charge is 2.15. The summed E-state index contributed by atoms with van der Waals surface area (Å²) in [6.07, 6.45) is 1.86. The SMILES string of the molecule is Fc1ccc(-c2ncc3c(n2)CNC3)c2ccccc12. The van der Waals surface area contributed by atoms with Gasteiger partial charge in [0.05, 0.1) is 5.69 Å². The zero-order valence-electron chi connectivity index (χ0n) is 10.7. The van der Waals surface area contributed by atoms with E-state index in [-0.39, 0.29) is 5.82 Å². The van der Waals surface area contributed by atoms with Crippen molar-refractivity contribution < 1.29 is 4.39 Å². The van der Waals surface area contributed by atoms with Gasteiger partial charge in [0.1, 0.15) is 5.82 Å². The summed E-state index contributed by atoms with van der Waals surface area (Å²) in [6, 6.07) is 10.7. The van der Waals surface area contributed by atoms with Gasteiger partial charge in [0.15, 0.2) is 5.82 Å². The van der Waals surface area contributed by atoms with Crippen molar-refractivity contribution in [2.75, 3.05) is 0 Å². The Morgan fingerprint density at radius 1 is 1.00 bits per heavy atom. The monoisotopic (exact) mass is 265 g/mol. The molecule has 1 N–H and O–H groups in total. The number of hydrogen-bond acceptors (Lipinski definition) is 3. The van der Waals surface area contributed by atoms with Gasteiger partial charge in [0.2, 0.25) is 0 Å². The molecule has 20 heavy (non-hydrogen) atoms. The van der Waals surface area contributed by atoms with Gasteiger partial charge in [-0.15, -0.1) is 0 Å². The van der Waals surface area contributed by atoms with Crippen LogP contribution in [0.25, 0.3) is 22.2 Å². The van der Waals surface area contributed by atoms with Gasteiger partial charge in [0, 0.05) is 35.8 Å². The van der Waals surface area contributed by atoms with Crippen molar-refractivity contribution in [3.63, 3.8) is 0 Å². The van der Waals surface area contributed by atoms with E-state index in [0.29, 0.717) is 11.2 Å². The molecule has 2 heterocycles. The minimum absolute atomic E-state index is 0.216. The first kappa shape index (κ1) is 11.5. The zero-order valence-corrected chi connectivity index (χ0v) is 10.7. The first-order chi connectivity index (χ1) is 9.83. The number of nitrogens with one attached hydrogen (secondary N) is 1. The van der Waals surface area contributed by atoms with E-state index in [1.54, 1.807) is 12.1 Å². The maximum absolute atomic E-state index is 13.9. The molecule has 0 atom stereocenters. The number of nitrogens with zero attached hydrogens (tertiary/aromatic N) is 2. The predicted molar refractivity (Wildman–Crippen MR) is 75.5 cm³/mol. The van der Waals surface area contributed by atoms with Crippen LogP contribution >= 0.6 is 0 Å². The third-order valence-electron chi connectivity index (χ3n) is 3.67. The van der Waals surface area contributed by atoms with Crippen LogP contribution in [0.3, 0.4) is 0 Å². The zero-order chi connectivity index (χ0) is 13.5. The number of halogens is 1. The lowest BCUT2D eigenvalue weighted by atomic mass is 10.0. The van der Waals surface area contributed by atoms with Gasteiger partial charge >= 0.3 is 0 Å². The molecular weight excluding hydrogens is 253 g/mol. The van der Waals surface area contributed by atoms with Gasteiger partial charge in [-0.2, -0.15) is 0 Å². The molecule has 1 aliphatic heterocycles. The third-order valence-corrected chi connectivity index (χ3v) is 3.67. The summed E-state index contributed by atoms with van der Waals surface area (Å²) in [5.41, 5.74) is 3.04. The summed E-state index contributed by atoms with van der Waals surface area (Å²) >= 11 is 0. The molecule has 0 aliphatic carbocycles. The van der Waals surface area contributed by atoms with Crippen LogP contribution in [0.2, 0.25) is 0 Å². The maximum Gasteiger partial charge on any atom is 0.160 e. The minimum atomic E-state index is -0.216. The van der Waals surface area contributed by atoms with Gasteiger partial charge in [-0.05, 0) is 17.5 Å². The molecule has 3 nitrogen and oxygen atoms in total. The van der Waals surface area contributed by atoms with E-state index >= 15 is 0 Å². The molecule has 0 amide bonds. The molecule has 0 radical (unpaired) electrons. The average Bonchev–Trinajstić information content (AvgIpc) is 2.95. The van der Waals surface area contributed by atoms with Crippen molar-refractivity contribution in [2.24, 2.45) is 0 Å². The molecule has 98 valence electrons. The number of hydrogen-bond donors (Lipinski definition) is 1. The molecule has 0 unspecified atom stereocenters. The standard InChI is InChI=1S/C16H12FN3/c17-14-6-5-13(11-3-1-2-4-12(11)14)16-19-8-10-7-18-9-15(10)20-16/h1-6,8,18H,7,9H2. The summed E-state index contributed by atoms with van der Waals surface area (Å²) in [7, 11) is 0. The molecule has 0 spiro atoms. The Morgan fingerprint density at radius 2 is 1.85 bits per heavy atom. The van der Waals surface area contributed by atoms with Crippen molar-refractivity contribution in [1.82, 2.24) is 15.3 Å². The Hall–Kier alpha value is -2.33. The smallest absolute Gasteiger partial charge is 0.160 e. The van der Waals surface area contributed by atoms with E-state index in [1.165, 1.54) is 6.07 Å². The Bertz CT molecular complexity index is 814. The highest BCUT2D eigenvalue weighted by Crippen LogP contribution is 2.28. The van der Waals surface area contributed by atoms with E-state index in [4.69, 9.17) is 0 Å². The van der Waals surface area contributed by atoms with Crippen LogP contribution in [0.15, 0.2) is 42.6 Å². The number of benzene rings is 2. The van der Waals surface area contributed by atoms with E-state index in [2.05, 4.69) is 15.3 Å². The number of fused-ring (bicyclic) bond motifs is 2. The fourth-order valence-electron chi connectivity index (χ4n) is 2.65. The van der Waals surface area contributed by atoms with E-state index in [0.717, 1.165) is 35.3 Å². The second kappa shape index (κ2) is 4.35. The third kappa shape index (κ3) is 1.69. The Balaban J connectivity index is 1.97. The Morgan fingerprint density at radius 3 is 2.75 bits per heavy atom. The second-order valence-electron chi connectivity index (χ2n) is 4.91. The molecule has 4 heteroatoms. The number of rotatable bonds is 1. The van der Waals surface area contributed by atoms with E-state index < -0.39 is 0 Å². The Labute approximate surface area is 115 Å². The summed E-state index contributed by atoms with van der Waals surface area (Å²) in [5.74, 6) is 0.441. The average molecular weight is 265 g/mol. The lowest BCUT2D eigenvalue weighted by molar-refractivity contribution is 0.640. The van der Waals surface area contributed by atoms with Crippen LogP contribution in [-0.4, -0.2) is 9.97 Å². The van der Waals surface area contributed by atoms with Crippen LogP contribution in [0.4, 0.5) is 4.39 Å². The van der Waals surface area contributed by atoms with Gasteiger partial charge in [-0.25, -0.2) is 14.4 Å². The lowest BCUT2D eigenvalue weighted by Crippen LogP contribution is -2.00. The van der Waals surface area contributed by atoms with E-state index in [1.807, 2.05) is 24.4 Å². The van der Waals surface area contributed by atoms with Crippen molar-refractivity contribution >= 4 is 10.8 Å². The molecule has 3 aromatic rings. The molecule has 0 fully saturated rings. The number of aromatic nitrogens is 2. The minimum Gasteiger partial charge on any atom is -0.307 e. The van der Waals surface area contributed by atoms with Crippen LogP contribution in [0.1, 0.15) is 11.3 Å². The highest BCUT2D eigenvalue weighted by molar-refractivity contribution is 5.95. The van der Waals surface area contributed by atoms with Gasteiger partial charge in [-0.1, -0.05) is 24.3 Å².